The zero-order valence-corrected chi connectivity index (χ0v) is 19.6. The summed E-state index contributed by atoms with van der Waals surface area (Å²) < 4.78 is 16.2. The minimum absolute atomic E-state index is 0.315. The number of halogens is 2. The number of benzene rings is 2. The number of H-pyrrole nitrogens is 1. The molecule has 0 amide bonds. The zero-order chi connectivity index (χ0) is 22.1. The Bertz CT molecular complexity index is 1280. The van der Waals surface area contributed by atoms with E-state index in [0.717, 1.165) is 41.8 Å². The molecule has 0 spiro atoms. The van der Waals surface area contributed by atoms with Gasteiger partial charge in [-0.3, -0.25) is 0 Å². The van der Waals surface area contributed by atoms with Crippen LogP contribution in [-0.4, -0.2) is 42.8 Å². The summed E-state index contributed by atoms with van der Waals surface area (Å²) in [7, 11) is 1.55. The highest BCUT2D eigenvalue weighted by Gasteiger charge is 2.23. The van der Waals surface area contributed by atoms with E-state index >= 15 is 0 Å². The first-order valence-electron chi connectivity index (χ1n) is 9.76. The maximum Gasteiger partial charge on any atom is 0.298 e. The van der Waals surface area contributed by atoms with Crippen molar-refractivity contribution in [3.05, 3.63) is 44.7 Å². The van der Waals surface area contributed by atoms with Crippen molar-refractivity contribution in [1.29, 1.82) is 0 Å². The molecule has 0 saturated carbocycles. The van der Waals surface area contributed by atoms with Crippen LogP contribution in [0.4, 0.5) is 6.01 Å². The van der Waals surface area contributed by atoms with Crippen LogP contribution in [-0.2, 0) is 0 Å². The Labute approximate surface area is 194 Å². The summed E-state index contributed by atoms with van der Waals surface area (Å²) in [5.41, 5.74) is 4.03. The van der Waals surface area contributed by atoms with Crippen molar-refractivity contribution in [2.45, 2.75) is 19.9 Å². The predicted molar refractivity (Wildman–Crippen MR) is 126 cm³/mol. The average Bonchev–Trinajstić information content (AvgIpc) is 3.31. The van der Waals surface area contributed by atoms with Gasteiger partial charge in [0, 0.05) is 41.8 Å². The van der Waals surface area contributed by atoms with E-state index in [-0.39, 0.29) is 0 Å². The number of rotatable bonds is 2. The summed E-state index contributed by atoms with van der Waals surface area (Å²) in [5, 5.41) is 4.64. The van der Waals surface area contributed by atoms with Crippen molar-refractivity contribution in [2.24, 2.45) is 0 Å². The number of anilines is 1. The monoisotopic (exact) mass is 480 g/mol. The van der Waals surface area contributed by atoms with Gasteiger partial charge in [-0.15, -0.1) is 0 Å². The number of aryl methyl sites for hydroxylation is 1. The Morgan fingerprint density at radius 1 is 1.16 bits per heavy atom. The van der Waals surface area contributed by atoms with Crippen LogP contribution in [0.3, 0.4) is 0 Å². The lowest BCUT2D eigenvalue weighted by molar-refractivity contribution is 0.409. The molecule has 0 radical (unpaired) electrons. The van der Waals surface area contributed by atoms with E-state index in [1.807, 2.05) is 19.1 Å². The van der Waals surface area contributed by atoms with Crippen LogP contribution in [0.1, 0.15) is 12.5 Å². The Kier molecular flexibility index (Phi) is 6.43. The van der Waals surface area contributed by atoms with Crippen molar-refractivity contribution in [3.63, 3.8) is 0 Å². The Morgan fingerprint density at radius 3 is 2.68 bits per heavy atom. The Morgan fingerprint density at radius 2 is 1.94 bits per heavy atom. The van der Waals surface area contributed by atoms with Crippen LogP contribution in [0, 0.1) is 11.8 Å². The van der Waals surface area contributed by atoms with Gasteiger partial charge in [-0.1, -0.05) is 23.2 Å². The molecular weight excluding hydrogens is 459 g/mol. The number of methoxy groups -OCH3 is 1. The maximum atomic E-state index is 6.04. The second-order valence-corrected chi connectivity index (χ2v) is 8.56. The van der Waals surface area contributed by atoms with E-state index in [1.165, 1.54) is 0 Å². The molecule has 31 heavy (non-hydrogen) atoms. The van der Waals surface area contributed by atoms with Crippen LogP contribution < -0.4 is 15.0 Å². The van der Waals surface area contributed by atoms with Crippen molar-refractivity contribution < 1.29 is 13.6 Å². The molecule has 3 heterocycles. The van der Waals surface area contributed by atoms with Crippen molar-refractivity contribution >= 4 is 63.6 Å². The SMILES string of the molecule is COc1cc(Cl)cc2[nH]c(=S)oc12.Cc1cc(Cl)cc2nc(N3CCNC[C@@H]3C)oc12. The molecule has 5 rings (SSSR count). The zero-order valence-electron chi connectivity index (χ0n) is 17.3. The highest BCUT2D eigenvalue weighted by molar-refractivity contribution is 7.71. The van der Waals surface area contributed by atoms with Crippen LogP contribution >= 0.6 is 35.4 Å². The van der Waals surface area contributed by atoms with Crippen molar-refractivity contribution in [1.82, 2.24) is 15.3 Å². The normalized spacial score (nSPS) is 16.4. The van der Waals surface area contributed by atoms with E-state index in [1.54, 1.807) is 19.2 Å². The lowest BCUT2D eigenvalue weighted by Gasteiger charge is -2.32. The minimum Gasteiger partial charge on any atom is -0.493 e. The van der Waals surface area contributed by atoms with E-state index in [2.05, 4.69) is 27.1 Å². The lowest BCUT2D eigenvalue weighted by atomic mass is 10.2. The number of nitrogens with one attached hydrogen (secondary N) is 2. The first-order chi connectivity index (χ1) is 14.9. The molecule has 1 aliphatic rings. The summed E-state index contributed by atoms with van der Waals surface area (Å²) in [5.74, 6) is 0.579. The molecule has 2 aromatic carbocycles. The Balaban J connectivity index is 0.000000158. The quantitative estimate of drug-likeness (QED) is 0.354. The number of piperazine rings is 1. The minimum atomic E-state index is 0.315. The second-order valence-electron chi connectivity index (χ2n) is 7.31. The first-order valence-corrected chi connectivity index (χ1v) is 10.9. The number of ether oxygens (including phenoxy) is 1. The van der Waals surface area contributed by atoms with Gasteiger partial charge in [0.1, 0.15) is 5.52 Å². The van der Waals surface area contributed by atoms with E-state index in [0.29, 0.717) is 38.3 Å². The second kappa shape index (κ2) is 9.08. The summed E-state index contributed by atoms with van der Waals surface area (Å²) in [6.45, 7) is 6.99. The number of hydrogen-bond acceptors (Lipinski definition) is 7. The number of hydrogen-bond donors (Lipinski definition) is 2. The summed E-state index contributed by atoms with van der Waals surface area (Å²) in [6, 6.07) is 8.25. The highest BCUT2D eigenvalue weighted by Crippen LogP contribution is 2.30. The third-order valence-electron chi connectivity index (χ3n) is 5.05. The molecule has 4 aromatic rings. The van der Waals surface area contributed by atoms with Gasteiger partial charge in [0.2, 0.25) is 0 Å². The standard InChI is InChI=1S/C13H16ClN3O.C8H6ClNO2S/c1-8-5-10(14)6-11-12(8)18-13(16-11)17-4-3-15-7-9(17)2;1-11-6-3-4(9)2-5-7(6)12-8(13)10-5/h5-6,9,15H,3-4,7H2,1-2H3;2-3H,1H3,(H,10,13)/t9-;/m0./s1. The fraction of sp³-hybridized carbons (Fsp3) is 0.333. The number of nitrogens with zero attached hydrogens (tertiary/aromatic N) is 2. The molecule has 10 heteroatoms. The van der Waals surface area contributed by atoms with Gasteiger partial charge in [0.15, 0.2) is 16.9 Å². The van der Waals surface area contributed by atoms with Gasteiger partial charge in [-0.2, -0.15) is 4.98 Å². The number of aromatic nitrogens is 2. The molecule has 1 fully saturated rings. The smallest absolute Gasteiger partial charge is 0.298 e. The predicted octanol–water partition coefficient (Wildman–Crippen LogP) is 5.74. The molecule has 2 aromatic heterocycles. The topological polar surface area (TPSA) is 79.5 Å². The Hall–Kier alpha value is -2.26. The molecule has 1 aliphatic heterocycles. The van der Waals surface area contributed by atoms with Gasteiger partial charge in [0.25, 0.3) is 10.9 Å². The van der Waals surface area contributed by atoms with Gasteiger partial charge in [-0.05, 0) is 49.8 Å². The largest absolute Gasteiger partial charge is 0.493 e. The molecule has 164 valence electrons. The molecule has 1 atom stereocenters. The fourth-order valence-corrected chi connectivity index (χ4v) is 4.21. The van der Waals surface area contributed by atoms with E-state index < -0.39 is 0 Å². The third-order valence-corrected chi connectivity index (χ3v) is 5.67. The molecule has 7 nitrogen and oxygen atoms in total. The van der Waals surface area contributed by atoms with Crippen LogP contribution in [0.2, 0.25) is 10.0 Å². The fourth-order valence-electron chi connectivity index (χ4n) is 3.54. The molecule has 0 bridgehead atoms. The number of fused-ring (bicyclic) bond motifs is 2. The lowest BCUT2D eigenvalue weighted by Crippen LogP contribution is -2.50. The van der Waals surface area contributed by atoms with Gasteiger partial charge in [0.05, 0.1) is 12.6 Å². The van der Waals surface area contributed by atoms with Gasteiger partial charge < -0.3 is 28.8 Å². The van der Waals surface area contributed by atoms with Crippen LogP contribution in [0.5, 0.6) is 5.75 Å². The number of oxazole rings is 2. The van der Waals surface area contributed by atoms with Crippen LogP contribution in [0.25, 0.3) is 22.2 Å². The summed E-state index contributed by atoms with van der Waals surface area (Å²) in [4.78, 5) is 9.93. The molecule has 0 unspecified atom stereocenters. The van der Waals surface area contributed by atoms with Crippen molar-refractivity contribution in [2.75, 3.05) is 31.6 Å². The van der Waals surface area contributed by atoms with E-state index in [4.69, 9.17) is 49.0 Å². The third kappa shape index (κ3) is 4.67. The maximum absolute atomic E-state index is 6.04. The van der Waals surface area contributed by atoms with Gasteiger partial charge in [-0.25, -0.2) is 0 Å². The van der Waals surface area contributed by atoms with E-state index in [9.17, 15) is 0 Å². The average molecular weight is 481 g/mol. The molecule has 2 N–H and O–H groups in total. The summed E-state index contributed by atoms with van der Waals surface area (Å²) in [6.07, 6.45) is 0. The van der Waals surface area contributed by atoms with Gasteiger partial charge >= 0.3 is 0 Å². The van der Waals surface area contributed by atoms with Crippen LogP contribution in [0.15, 0.2) is 33.1 Å². The molecule has 0 aliphatic carbocycles. The van der Waals surface area contributed by atoms with Crippen molar-refractivity contribution in [3.8, 4) is 5.75 Å². The summed E-state index contributed by atoms with van der Waals surface area (Å²) >= 11 is 16.7. The number of aromatic amines is 1. The first kappa shape index (κ1) is 22.0. The molecule has 1 saturated heterocycles. The highest BCUT2D eigenvalue weighted by atomic mass is 35.5. The molecular formula is C21H22Cl2N4O3S.